The molecule has 3 heteroatoms. The highest BCUT2D eigenvalue weighted by atomic mass is 16.5. The van der Waals surface area contributed by atoms with E-state index in [0.717, 1.165) is 24.1 Å². The van der Waals surface area contributed by atoms with Crippen LogP contribution in [0.4, 0.5) is 5.69 Å². The topological polar surface area (TPSA) is 38.3 Å². The van der Waals surface area contributed by atoms with Crippen molar-refractivity contribution < 1.29 is 9.53 Å². The Bertz CT molecular complexity index is 387. The summed E-state index contributed by atoms with van der Waals surface area (Å²) in [5, 5.41) is 3.40. The van der Waals surface area contributed by atoms with Crippen LogP contribution in [0.1, 0.15) is 29.3 Å². The summed E-state index contributed by atoms with van der Waals surface area (Å²) in [6.45, 7) is 2.14. The molecule has 1 aromatic carbocycles. The second-order valence-corrected chi connectivity index (χ2v) is 3.78. The number of benzene rings is 1. The fraction of sp³-hybridized carbons (Fsp3) is 0.417. The third kappa shape index (κ3) is 1.69. The number of hydrogen-bond donors (Lipinski definition) is 1. The Morgan fingerprint density at radius 3 is 3.07 bits per heavy atom. The zero-order valence-electron chi connectivity index (χ0n) is 9.04. The molecule has 0 spiro atoms. The van der Waals surface area contributed by atoms with Crippen LogP contribution >= 0.6 is 0 Å². The van der Waals surface area contributed by atoms with Crippen LogP contribution in [-0.4, -0.2) is 19.1 Å². The lowest BCUT2D eigenvalue weighted by Gasteiger charge is -2.05. The van der Waals surface area contributed by atoms with Crippen LogP contribution in [0.15, 0.2) is 18.2 Å². The van der Waals surface area contributed by atoms with Crippen molar-refractivity contribution in [2.75, 3.05) is 12.4 Å². The number of carbonyl (C=O) groups excluding carboxylic acids is 1. The molecule has 1 aromatic rings. The Hall–Kier alpha value is -1.51. The molecular weight excluding hydrogens is 190 g/mol. The number of esters is 1. The average molecular weight is 205 g/mol. The monoisotopic (exact) mass is 205 g/mol. The van der Waals surface area contributed by atoms with Gasteiger partial charge in [-0.1, -0.05) is 13.0 Å². The van der Waals surface area contributed by atoms with Gasteiger partial charge in [-0.2, -0.15) is 0 Å². The highest BCUT2D eigenvalue weighted by Gasteiger charge is 2.24. The first kappa shape index (κ1) is 10.0. The van der Waals surface area contributed by atoms with E-state index in [1.807, 2.05) is 18.2 Å². The van der Waals surface area contributed by atoms with Crippen LogP contribution in [0.5, 0.6) is 0 Å². The maximum Gasteiger partial charge on any atom is 0.338 e. The molecule has 1 aliphatic rings. The molecule has 1 unspecified atom stereocenters. The summed E-state index contributed by atoms with van der Waals surface area (Å²) in [7, 11) is 1.42. The highest BCUT2D eigenvalue weighted by Crippen LogP contribution is 2.30. The zero-order valence-corrected chi connectivity index (χ0v) is 9.04. The third-order valence-electron chi connectivity index (χ3n) is 2.88. The molecule has 0 bridgehead atoms. The number of anilines is 1. The molecule has 0 saturated heterocycles. The van der Waals surface area contributed by atoms with Crippen molar-refractivity contribution in [3.63, 3.8) is 0 Å². The van der Waals surface area contributed by atoms with Gasteiger partial charge in [0.15, 0.2) is 0 Å². The van der Waals surface area contributed by atoms with Crippen LogP contribution < -0.4 is 5.32 Å². The number of nitrogens with one attached hydrogen (secondary N) is 1. The fourth-order valence-corrected chi connectivity index (χ4v) is 2.01. The second kappa shape index (κ2) is 3.93. The van der Waals surface area contributed by atoms with Crippen molar-refractivity contribution in [3.8, 4) is 0 Å². The van der Waals surface area contributed by atoms with Gasteiger partial charge in [0, 0.05) is 11.7 Å². The molecule has 0 radical (unpaired) electrons. The van der Waals surface area contributed by atoms with Crippen LogP contribution in [-0.2, 0) is 11.2 Å². The van der Waals surface area contributed by atoms with E-state index in [1.165, 1.54) is 7.11 Å². The van der Waals surface area contributed by atoms with E-state index in [9.17, 15) is 4.79 Å². The quantitative estimate of drug-likeness (QED) is 0.752. The lowest BCUT2D eigenvalue weighted by atomic mass is 10.0. The molecular formula is C12H15NO2. The predicted molar refractivity (Wildman–Crippen MR) is 59.2 cm³/mol. The Labute approximate surface area is 89.4 Å². The first-order valence-corrected chi connectivity index (χ1v) is 5.23. The molecule has 0 saturated carbocycles. The minimum absolute atomic E-state index is 0.245. The summed E-state index contributed by atoms with van der Waals surface area (Å²) in [6.07, 6.45) is 1.98. The van der Waals surface area contributed by atoms with Gasteiger partial charge in [0.1, 0.15) is 0 Å². The van der Waals surface area contributed by atoms with E-state index in [1.54, 1.807) is 0 Å². The first-order chi connectivity index (χ1) is 7.26. The van der Waals surface area contributed by atoms with Gasteiger partial charge in [-0.15, -0.1) is 0 Å². The molecule has 0 aromatic heterocycles. The summed E-state index contributed by atoms with van der Waals surface area (Å²) in [5.74, 6) is -0.245. The third-order valence-corrected chi connectivity index (χ3v) is 2.88. The van der Waals surface area contributed by atoms with Gasteiger partial charge in [0.05, 0.1) is 12.7 Å². The van der Waals surface area contributed by atoms with Gasteiger partial charge in [-0.3, -0.25) is 0 Å². The van der Waals surface area contributed by atoms with Gasteiger partial charge in [0.2, 0.25) is 0 Å². The van der Waals surface area contributed by atoms with Crippen LogP contribution in [0, 0.1) is 0 Å². The van der Waals surface area contributed by atoms with Crippen molar-refractivity contribution in [2.45, 2.75) is 25.8 Å². The number of methoxy groups -OCH3 is 1. The molecule has 80 valence electrons. The molecule has 0 aliphatic carbocycles. The Morgan fingerprint density at radius 2 is 2.40 bits per heavy atom. The van der Waals surface area contributed by atoms with Crippen molar-refractivity contribution in [2.24, 2.45) is 0 Å². The smallest absolute Gasteiger partial charge is 0.338 e. The van der Waals surface area contributed by atoms with E-state index >= 15 is 0 Å². The standard InChI is InChI=1S/C12H15NO2/c1-3-8-7-10-9(12(14)15-2)5-4-6-11(10)13-8/h4-6,8,13H,3,7H2,1-2H3. The van der Waals surface area contributed by atoms with E-state index < -0.39 is 0 Å². The lowest BCUT2D eigenvalue weighted by Crippen LogP contribution is -2.13. The SMILES string of the molecule is CCC1Cc2c(cccc2C(=O)OC)N1. The minimum atomic E-state index is -0.245. The summed E-state index contributed by atoms with van der Waals surface area (Å²) in [5.41, 5.74) is 2.86. The van der Waals surface area contributed by atoms with Crippen molar-refractivity contribution in [3.05, 3.63) is 29.3 Å². The van der Waals surface area contributed by atoms with Gasteiger partial charge in [-0.05, 0) is 30.5 Å². The van der Waals surface area contributed by atoms with Crippen molar-refractivity contribution in [1.82, 2.24) is 0 Å². The molecule has 15 heavy (non-hydrogen) atoms. The van der Waals surface area contributed by atoms with Crippen LogP contribution in [0.2, 0.25) is 0 Å². The summed E-state index contributed by atoms with van der Waals surface area (Å²) in [6, 6.07) is 6.17. The molecule has 0 amide bonds. The Kier molecular flexibility index (Phi) is 2.62. The van der Waals surface area contributed by atoms with Crippen molar-refractivity contribution in [1.29, 1.82) is 0 Å². The second-order valence-electron chi connectivity index (χ2n) is 3.78. The molecule has 1 aliphatic heterocycles. The molecule has 0 fully saturated rings. The maximum absolute atomic E-state index is 11.5. The van der Waals surface area contributed by atoms with E-state index in [-0.39, 0.29) is 5.97 Å². The average Bonchev–Trinajstić information content (AvgIpc) is 2.70. The first-order valence-electron chi connectivity index (χ1n) is 5.23. The normalized spacial score (nSPS) is 18.1. The summed E-state index contributed by atoms with van der Waals surface area (Å²) < 4.78 is 4.76. The van der Waals surface area contributed by atoms with Gasteiger partial charge in [-0.25, -0.2) is 4.79 Å². The molecule has 1 N–H and O–H groups in total. The molecule has 1 atom stereocenters. The lowest BCUT2D eigenvalue weighted by molar-refractivity contribution is 0.0599. The number of rotatable bonds is 2. The zero-order chi connectivity index (χ0) is 10.8. The fourth-order valence-electron chi connectivity index (χ4n) is 2.01. The number of carbonyl (C=O) groups is 1. The highest BCUT2D eigenvalue weighted by molar-refractivity contribution is 5.93. The molecule has 2 rings (SSSR count). The maximum atomic E-state index is 11.5. The van der Waals surface area contributed by atoms with Gasteiger partial charge < -0.3 is 10.1 Å². The van der Waals surface area contributed by atoms with E-state index in [2.05, 4.69) is 12.2 Å². The van der Waals surface area contributed by atoms with Crippen LogP contribution in [0.3, 0.4) is 0 Å². The number of fused-ring (bicyclic) bond motifs is 1. The molecule has 1 heterocycles. The van der Waals surface area contributed by atoms with E-state index in [0.29, 0.717) is 11.6 Å². The number of hydrogen-bond acceptors (Lipinski definition) is 3. The van der Waals surface area contributed by atoms with Crippen LogP contribution in [0.25, 0.3) is 0 Å². The minimum Gasteiger partial charge on any atom is -0.465 e. The Morgan fingerprint density at radius 1 is 1.60 bits per heavy atom. The number of ether oxygens (including phenoxy) is 1. The van der Waals surface area contributed by atoms with Crippen molar-refractivity contribution >= 4 is 11.7 Å². The largest absolute Gasteiger partial charge is 0.465 e. The summed E-state index contributed by atoms with van der Waals surface area (Å²) >= 11 is 0. The molecule has 3 nitrogen and oxygen atoms in total. The van der Waals surface area contributed by atoms with E-state index in [4.69, 9.17) is 4.74 Å². The Balaban J connectivity index is 2.37. The predicted octanol–water partition coefficient (Wildman–Crippen LogP) is 2.22. The summed E-state index contributed by atoms with van der Waals surface area (Å²) in [4.78, 5) is 11.5. The van der Waals surface area contributed by atoms with Gasteiger partial charge >= 0.3 is 5.97 Å². The van der Waals surface area contributed by atoms with Gasteiger partial charge in [0.25, 0.3) is 0 Å².